The monoisotopic (exact) mass is 408 g/mol. The summed E-state index contributed by atoms with van der Waals surface area (Å²) in [4.78, 5) is 13.3. The fourth-order valence-electron chi connectivity index (χ4n) is 7.22. The Kier molecular flexibility index (Phi) is 4.47. The molecule has 5 aliphatic rings. The summed E-state index contributed by atoms with van der Waals surface area (Å²) in [5.74, 6) is -0.730. The van der Waals surface area contributed by atoms with Crippen molar-refractivity contribution in [3.63, 3.8) is 0 Å². The topological polar surface area (TPSA) is 83.5 Å². The Morgan fingerprint density at radius 3 is 2.55 bits per heavy atom. The number of fused-ring (bicyclic) bond motifs is 8. The van der Waals surface area contributed by atoms with Crippen LogP contribution in [0.1, 0.15) is 40.0 Å². The van der Waals surface area contributed by atoms with Crippen LogP contribution in [0.25, 0.3) is 0 Å². The number of ether oxygens (including phenoxy) is 5. The maximum absolute atomic E-state index is 13.3. The summed E-state index contributed by atoms with van der Waals surface area (Å²) in [6.45, 7) is 7.16. The van der Waals surface area contributed by atoms with Crippen LogP contribution in [0.4, 0.5) is 0 Å². The molecule has 0 aromatic carbocycles. The Balaban J connectivity index is 1.54. The van der Waals surface area contributed by atoms with Crippen LogP contribution < -0.4 is 0 Å². The van der Waals surface area contributed by atoms with Gasteiger partial charge < -0.3 is 28.8 Å². The third-order valence-corrected chi connectivity index (χ3v) is 8.22. The standard InChI is InChI=1S/C22H32O7/c1-20(2)28-16-12-11-13(17(16)29-20)21(3)14(23)5-7-22(18(12)21,19(24)25-4)8-6-15-26-9-10-27-15/h5,7,12-18,23H,6,8-11H2,1-4H3/t12-,13+,14+,16+,17-,18+,21+,22+/m1/s1. The van der Waals surface area contributed by atoms with Gasteiger partial charge in [0, 0.05) is 5.41 Å². The van der Waals surface area contributed by atoms with E-state index in [-0.39, 0.29) is 42.2 Å². The number of rotatable bonds is 4. The summed E-state index contributed by atoms with van der Waals surface area (Å²) in [5, 5.41) is 11.1. The molecule has 0 aromatic heterocycles. The van der Waals surface area contributed by atoms with Crippen LogP contribution in [0.3, 0.4) is 0 Å². The molecule has 162 valence electrons. The third-order valence-electron chi connectivity index (χ3n) is 8.22. The Morgan fingerprint density at radius 1 is 1.17 bits per heavy atom. The van der Waals surface area contributed by atoms with E-state index >= 15 is 0 Å². The average Bonchev–Trinajstić information content (AvgIpc) is 3.42. The number of esters is 1. The molecule has 0 spiro atoms. The lowest BCUT2D eigenvalue weighted by Crippen LogP contribution is -2.60. The summed E-state index contributed by atoms with van der Waals surface area (Å²) < 4.78 is 29.1. The third kappa shape index (κ3) is 2.64. The van der Waals surface area contributed by atoms with Crippen molar-refractivity contribution in [2.75, 3.05) is 20.3 Å². The SMILES string of the molecule is COC(=O)[C@]1(CCC2OCCO2)C=C[C@H](O)[C@]2(C)[C@H]3C[C@H]([C@@H]4OC(C)(C)O[C@@H]43)[C@@H]21. The Morgan fingerprint density at radius 2 is 1.86 bits per heavy atom. The van der Waals surface area contributed by atoms with E-state index in [1.165, 1.54) is 7.11 Å². The zero-order valence-corrected chi connectivity index (χ0v) is 17.6. The second kappa shape index (κ2) is 6.50. The summed E-state index contributed by atoms with van der Waals surface area (Å²) in [6, 6.07) is 0. The minimum Gasteiger partial charge on any atom is -0.468 e. The molecule has 3 aliphatic carbocycles. The van der Waals surface area contributed by atoms with Crippen molar-refractivity contribution in [3.8, 4) is 0 Å². The van der Waals surface area contributed by atoms with Gasteiger partial charge in [0.05, 0.1) is 44.1 Å². The fourth-order valence-corrected chi connectivity index (χ4v) is 7.22. The number of methoxy groups -OCH3 is 1. The maximum atomic E-state index is 13.3. The average molecular weight is 408 g/mol. The molecule has 2 saturated heterocycles. The first-order valence-corrected chi connectivity index (χ1v) is 10.8. The zero-order chi connectivity index (χ0) is 20.6. The summed E-state index contributed by atoms with van der Waals surface area (Å²) in [5.41, 5.74) is -1.31. The van der Waals surface area contributed by atoms with E-state index in [4.69, 9.17) is 23.7 Å². The molecule has 0 aromatic rings. The number of hydrogen-bond acceptors (Lipinski definition) is 7. The molecule has 2 aliphatic heterocycles. The molecule has 2 heterocycles. The first-order chi connectivity index (χ1) is 13.7. The highest BCUT2D eigenvalue weighted by molar-refractivity contribution is 5.80. The van der Waals surface area contributed by atoms with Crippen LogP contribution in [0.15, 0.2) is 12.2 Å². The highest BCUT2D eigenvalue weighted by atomic mass is 16.8. The summed E-state index contributed by atoms with van der Waals surface area (Å²) >= 11 is 0. The zero-order valence-electron chi connectivity index (χ0n) is 17.6. The molecule has 2 bridgehead atoms. The van der Waals surface area contributed by atoms with Crippen molar-refractivity contribution in [3.05, 3.63) is 12.2 Å². The van der Waals surface area contributed by atoms with Gasteiger partial charge in [-0.3, -0.25) is 4.79 Å². The molecule has 4 fully saturated rings. The van der Waals surface area contributed by atoms with Gasteiger partial charge in [0.2, 0.25) is 0 Å². The maximum Gasteiger partial charge on any atom is 0.315 e. The largest absolute Gasteiger partial charge is 0.468 e. The number of aliphatic hydroxyl groups excluding tert-OH is 1. The number of carbonyl (C=O) groups is 1. The van der Waals surface area contributed by atoms with E-state index < -0.39 is 22.7 Å². The first kappa shape index (κ1) is 19.9. The van der Waals surface area contributed by atoms with Gasteiger partial charge in [-0.2, -0.15) is 0 Å². The van der Waals surface area contributed by atoms with E-state index in [0.29, 0.717) is 26.1 Å². The summed E-state index contributed by atoms with van der Waals surface area (Å²) in [7, 11) is 1.44. The quantitative estimate of drug-likeness (QED) is 0.563. The minimum atomic E-state index is -0.835. The van der Waals surface area contributed by atoms with Crippen molar-refractivity contribution in [2.24, 2.45) is 28.6 Å². The number of hydrogen-bond donors (Lipinski definition) is 1. The molecular weight excluding hydrogens is 376 g/mol. The molecule has 5 rings (SSSR count). The highest BCUT2D eigenvalue weighted by Gasteiger charge is 2.75. The smallest absolute Gasteiger partial charge is 0.315 e. The Labute approximate surface area is 171 Å². The van der Waals surface area contributed by atoms with Gasteiger partial charge in [-0.25, -0.2) is 0 Å². The van der Waals surface area contributed by atoms with E-state index in [2.05, 4.69) is 6.92 Å². The van der Waals surface area contributed by atoms with Crippen LogP contribution in [0.5, 0.6) is 0 Å². The predicted octanol–water partition coefficient (Wildman–Crippen LogP) is 2.02. The highest BCUT2D eigenvalue weighted by Crippen LogP contribution is 2.71. The molecular formula is C22H32O7. The van der Waals surface area contributed by atoms with Gasteiger partial charge >= 0.3 is 5.97 Å². The molecule has 0 amide bonds. The molecule has 7 heteroatoms. The van der Waals surface area contributed by atoms with Gasteiger partial charge in [-0.1, -0.05) is 19.1 Å². The van der Waals surface area contributed by atoms with E-state index in [0.717, 1.165) is 6.42 Å². The van der Waals surface area contributed by atoms with Gasteiger partial charge in [0.15, 0.2) is 12.1 Å². The minimum absolute atomic E-state index is 0.0470. The van der Waals surface area contributed by atoms with Crippen LogP contribution >= 0.6 is 0 Å². The van der Waals surface area contributed by atoms with Crippen molar-refractivity contribution >= 4 is 5.97 Å². The lowest BCUT2D eigenvalue weighted by Gasteiger charge is -2.55. The normalized spacial score (nSPS) is 50.0. The van der Waals surface area contributed by atoms with Crippen molar-refractivity contribution in [2.45, 2.75) is 70.4 Å². The molecule has 0 unspecified atom stereocenters. The van der Waals surface area contributed by atoms with Crippen molar-refractivity contribution < 1.29 is 33.6 Å². The lowest BCUT2D eigenvalue weighted by atomic mass is 9.50. The number of carbonyl (C=O) groups excluding carboxylic acids is 1. The van der Waals surface area contributed by atoms with Gasteiger partial charge in [0.1, 0.15) is 0 Å². The van der Waals surface area contributed by atoms with Crippen molar-refractivity contribution in [1.29, 1.82) is 0 Å². The fraction of sp³-hybridized carbons (Fsp3) is 0.864. The second-order valence-corrected chi connectivity index (χ2v) is 9.96. The van der Waals surface area contributed by atoms with E-state index in [9.17, 15) is 9.90 Å². The van der Waals surface area contributed by atoms with Crippen LogP contribution in [-0.2, 0) is 28.5 Å². The molecule has 2 saturated carbocycles. The molecule has 7 nitrogen and oxygen atoms in total. The van der Waals surface area contributed by atoms with Gasteiger partial charge in [0.25, 0.3) is 0 Å². The number of aliphatic hydroxyl groups is 1. The van der Waals surface area contributed by atoms with Crippen LogP contribution in [0.2, 0.25) is 0 Å². The van der Waals surface area contributed by atoms with Crippen LogP contribution in [0, 0.1) is 28.6 Å². The molecule has 0 radical (unpaired) electrons. The first-order valence-electron chi connectivity index (χ1n) is 10.8. The van der Waals surface area contributed by atoms with Gasteiger partial charge in [-0.15, -0.1) is 0 Å². The van der Waals surface area contributed by atoms with Crippen molar-refractivity contribution in [1.82, 2.24) is 0 Å². The Hall–Kier alpha value is -0.990. The predicted molar refractivity (Wildman–Crippen MR) is 102 cm³/mol. The summed E-state index contributed by atoms with van der Waals surface area (Å²) in [6.07, 6.45) is 4.70. The Bertz CT molecular complexity index is 714. The molecule has 29 heavy (non-hydrogen) atoms. The van der Waals surface area contributed by atoms with Gasteiger partial charge in [-0.05, 0) is 50.9 Å². The molecule has 8 atom stereocenters. The van der Waals surface area contributed by atoms with Crippen LogP contribution in [-0.4, -0.2) is 61.8 Å². The lowest BCUT2D eigenvalue weighted by molar-refractivity contribution is -0.173. The molecule has 1 N–H and O–H groups in total. The van der Waals surface area contributed by atoms with E-state index in [1.54, 1.807) is 6.08 Å². The second-order valence-electron chi connectivity index (χ2n) is 9.96. The van der Waals surface area contributed by atoms with E-state index in [1.807, 2.05) is 19.9 Å².